The summed E-state index contributed by atoms with van der Waals surface area (Å²) in [6, 6.07) is 4.20. The topological polar surface area (TPSA) is 65.7 Å². The molecule has 1 aliphatic heterocycles. The maximum absolute atomic E-state index is 9.71. The predicted molar refractivity (Wildman–Crippen MR) is 108 cm³/mol. The standard InChI is InChI=1S/C17H26ClNO3.C3H8N.Y/c1-13-10-14(5-7-19-6-3-4-15(20)12-19)11-16(18)17(13)22-9-8-21-2;1-3(2)4;/h10-11,15,20H,3-9,12H2,1-2H3;3-4H,1-2H3;/q;-1;. The zero-order valence-electron chi connectivity index (χ0n) is 17.1. The van der Waals surface area contributed by atoms with Gasteiger partial charge in [-0.05, 0) is 49.9 Å². The molecule has 1 fully saturated rings. The van der Waals surface area contributed by atoms with Crippen molar-refractivity contribution >= 4 is 11.6 Å². The summed E-state index contributed by atoms with van der Waals surface area (Å²) in [5, 5.41) is 10.4. The Morgan fingerprint density at radius 1 is 1.33 bits per heavy atom. The van der Waals surface area contributed by atoms with Gasteiger partial charge in [-0.15, -0.1) is 6.04 Å². The molecule has 2 N–H and O–H groups in total. The molecule has 1 aromatic rings. The number of methoxy groups -OCH3 is 1. The van der Waals surface area contributed by atoms with Crippen molar-refractivity contribution in [2.45, 2.75) is 52.2 Å². The van der Waals surface area contributed by atoms with Crippen LogP contribution in [0.1, 0.15) is 37.8 Å². The van der Waals surface area contributed by atoms with E-state index >= 15 is 0 Å². The molecule has 0 saturated carbocycles. The SMILES string of the molecule is CC(C)[NH-].COCCOc1c(C)cc(CCN2CCCC(O)C2)cc1Cl.[Y]. The first-order chi connectivity index (χ1) is 12.3. The van der Waals surface area contributed by atoms with Gasteiger partial charge in [0.05, 0.1) is 17.7 Å². The van der Waals surface area contributed by atoms with Crippen LogP contribution in [0.3, 0.4) is 0 Å². The number of rotatable bonds is 7. The average molecular weight is 475 g/mol. The fraction of sp³-hybridized carbons (Fsp3) is 0.700. The second kappa shape index (κ2) is 15.1. The molecule has 1 aliphatic rings. The second-order valence-electron chi connectivity index (χ2n) is 7.07. The van der Waals surface area contributed by atoms with Crippen LogP contribution in [0.15, 0.2) is 12.1 Å². The molecule has 0 bridgehead atoms. The second-order valence-corrected chi connectivity index (χ2v) is 7.47. The molecule has 0 aliphatic carbocycles. The number of benzene rings is 1. The Balaban J connectivity index is 0.00000123. The third kappa shape index (κ3) is 11.8. The number of halogens is 1. The molecule has 1 atom stereocenters. The first-order valence-electron chi connectivity index (χ1n) is 9.35. The van der Waals surface area contributed by atoms with E-state index in [0.29, 0.717) is 18.2 Å². The molecule has 1 saturated heterocycles. The Morgan fingerprint density at radius 2 is 2.00 bits per heavy atom. The summed E-state index contributed by atoms with van der Waals surface area (Å²) in [5.74, 6) is 0.746. The molecule has 27 heavy (non-hydrogen) atoms. The van der Waals surface area contributed by atoms with E-state index in [1.165, 1.54) is 5.56 Å². The van der Waals surface area contributed by atoms with Crippen molar-refractivity contribution in [3.8, 4) is 5.75 Å². The van der Waals surface area contributed by atoms with Crippen molar-refractivity contribution in [2.24, 2.45) is 0 Å². The summed E-state index contributed by atoms with van der Waals surface area (Å²) < 4.78 is 10.7. The van der Waals surface area contributed by atoms with Crippen molar-refractivity contribution in [3.05, 3.63) is 34.0 Å². The smallest absolute Gasteiger partial charge is 0.140 e. The Morgan fingerprint density at radius 3 is 2.56 bits per heavy atom. The molecule has 0 aromatic heterocycles. The van der Waals surface area contributed by atoms with Gasteiger partial charge in [-0.3, -0.25) is 0 Å². The van der Waals surface area contributed by atoms with E-state index in [1.54, 1.807) is 7.11 Å². The number of hydrogen-bond acceptors (Lipinski definition) is 4. The van der Waals surface area contributed by atoms with Gasteiger partial charge in [0.1, 0.15) is 12.4 Å². The molecule has 2 rings (SSSR count). The molecule has 1 aromatic carbocycles. The molecule has 153 valence electrons. The normalized spacial score (nSPS) is 17.1. The summed E-state index contributed by atoms with van der Waals surface area (Å²) in [6.07, 6.45) is 2.77. The first kappa shape index (κ1) is 27.3. The molecular weight excluding hydrogens is 441 g/mol. The summed E-state index contributed by atoms with van der Waals surface area (Å²) >= 11 is 6.34. The van der Waals surface area contributed by atoms with Gasteiger partial charge >= 0.3 is 0 Å². The number of β-amino-alcohol motifs (C(OH)–C–C–N with tert-alkyl or cyclic N) is 1. The maximum Gasteiger partial charge on any atom is 0.140 e. The number of aliphatic hydroxyl groups excluding tert-OH is 1. The molecule has 1 unspecified atom stereocenters. The van der Waals surface area contributed by atoms with Crippen LogP contribution in [0.25, 0.3) is 5.73 Å². The van der Waals surface area contributed by atoms with Crippen molar-refractivity contribution < 1.29 is 47.3 Å². The minimum atomic E-state index is -0.171. The minimum Gasteiger partial charge on any atom is -0.675 e. The van der Waals surface area contributed by atoms with Crippen LogP contribution < -0.4 is 4.74 Å². The van der Waals surface area contributed by atoms with Crippen molar-refractivity contribution in [1.29, 1.82) is 0 Å². The van der Waals surface area contributed by atoms with Crippen molar-refractivity contribution in [2.75, 3.05) is 40.0 Å². The third-order valence-electron chi connectivity index (χ3n) is 4.02. The molecule has 5 nitrogen and oxygen atoms in total. The summed E-state index contributed by atoms with van der Waals surface area (Å²) in [6.45, 7) is 9.54. The molecular formula is C20H34ClN2O3Y-. The number of nitrogens with one attached hydrogen (secondary N) is 1. The molecule has 1 heterocycles. The van der Waals surface area contributed by atoms with Crippen LogP contribution in [-0.4, -0.2) is 62.1 Å². The van der Waals surface area contributed by atoms with E-state index in [9.17, 15) is 5.11 Å². The van der Waals surface area contributed by atoms with Crippen LogP contribution in [0.4, 0.5) is 0 Å². The van der Waals surface area contributed by atoms with Gasteiger partial charge in [0.2, 0.25) is 0 Å². The Labute approximate surface area is 194 Å². The number of ether oxygens (including phenoxy) is 2. The molecule has 0 spiro atoms. The first-order valence-corrected chi connectivity index (χ1v) is 9.73. The zero-order chi connectivity index (χ0) is 19.5. The fourth-order valence-electron chi connectivity index (χ4n) is 2.88. The van der Waals surface area contributed by atoms with Gasteiger partial charge in [-0.25, -0.2) is 0 Å². The van der Waals surface area contributed by atoms with Gasteiger partial charge in [0, 0.05) is 52.9 Å². The number of piperidine rings is 1. The van der Waals surface area contributed by atoms with E-state index < -0.39 is 0 Å². The molecule has 1 radical (unpaired) electrons. The number of nitrogens with zero attached hydrogens (tertiary/aromatic N) is 1. The van der Waals surface area contributed by atoms with Crippen LogP contribution in [0, 0.1) is 6.92 Å². The predicted octanol–water partition coefficient (Wildman–Crippen LogP) is 4.12. The fourth-order valence-corrected chi connectivity index (χ4v) is 3.22. The average Bonchev–Trinajstić information content (AvgIpc) is 2.55. The van der Waals surface area contributed by atoms with E-state index in [0.717, 1.165) is 50.2 Å². The quantitative estimate of drug-likeness (QED) is 0.604. The number of aliphatic hydroxyl groups is 1. The number of aryl methyl sites for hydroxylation is 1. The van der Waals surface area contributed by atoms with Gasteiger partial charge in [0.25, 0.3) is 0 Å². The summed E-state index contributed by atoms with van der Waals surface area (Å²) in [5.41, 5.74) is 8.85. The van der Waals surface area contributed by atoms with Crippen LogP contribution in [0.2, 0.25) is 5.02 Å². The Bertz CT molecular complexity index is 506. The third-order valence-corrected chi connectivity index (χ3v) is 4.30. The summed E-state index contributed by atoms with van der Waals surface area (Å²) in [7, 11) is 1.65. The van der Waals surface area contributed by atoms with Gasteiger partial charge < -0.3 is 25.2 Å². The van der Waals surface area contributed by atoms with Gasteiger partial charge in [-0.2, -0.15) is 0 Å². The molecule has 0 amide bonds. The van der Waals surface area contributed by atoms with E-state index in [-0.39, 0.29) is 44.9 Å². The van der Waals surface area contributed by atoms with Crippen LogP contribution >= 0.6 is 11.6 Å². The number of likely N-dealkylation sites (tertiary alicyclic amines) is 1. The van der Waals surface area contributed by atoms with Gasteiger partial charge in [0.15, 0.2) is 0 Å². The largest absolute Gasteiger partial charge is 0.675 e. The number of hydrogen-bond donors (Lipinski definition) is 1. The monoisotopic (exact) mass is 474 g/mol. The van der Waals surface area contributed by atoms with Crippen LogP contribution in [-0.2, 0) is 43.9 Å². The van der Waals surface area contributed by atoms with Crippen molar-refractivity contribution in [1.82, 2.24) is 4.90 Å². The molecule has 7 heteroatoms. The van der Waals surface area contributed by atoms with Crippen molar-refractivity contribution in [3.63, 3.8) is 0 Å². The van der Waals surface area contributed by atoms with E-state index in [2.05, 4.69) is 11.0 Å². The zero-order valence-corrected chi connectivity index (χ0v) is 20.7. The maximum atomic E-state index is 9.71. The van der Waals surface area contributed by atoms with E-state index in [4.69, 9.17) is 26.8 Å². The van der Waals surface area contributed by atoms with Crippen LogP contribution in [0.5, 0.6) is 5.75 Å². The minimum absolute atomic E-state index is 0. The Kier molecular flexibility index (Phi) is 15.3. The van der Waals surface area contributed by atoms with Gasteiger partial charge in [-0.1, -0.05) is 31.5 Å². The summed E-state index contributed by atoms with van der Waals surface area (Å²) in [4.78, 5) is 2.32. The Hall–Kier alpha value is 0.254. The van der Waals surface area contributed by atoms with E-state index in [1.807, 2.05) is 26.8 Å².